The molecule has 1 fully saturated rings. The monoisotopic (exact) mass is 418 g/mol. The second-order valence-electron chi connectivity index (χ2n) is 7.84. The molecule has 0 unspecified atom stereocenters. The Morgan fingerprint density at radius 3 is 2.55 bits per heavy atom. The smallest absolute Gasteiger partial charge is 0.323 e. The molecule has 0 spiro atoms. The lowest BCUT2D eigenvalue weighted by Gasteiger charge is -2.37. The van der Waals surface area contributed by atoms with Gasteiger partial charge < -0.3 is 21.1 Å². The quantitative estimate of drug-likeness (QED) is 0.644. The van der Waals surface area contributed by atoms with Crippen LogP contribution in [0.4, 0.5) is 16.3 Å². The summed E-state index contributed by atoms with van der Waals surface area (Å²) in [7, 11) is 0. The molecule has 0 bridgehead atoms. The van der Waals surface area contributed by atoms with Crippen molar-refractivity contribution in [3.63, 3.8) is 0 Å². The summed E-state index contributed by atoms with van der Waals surface area (Å²) < 4.78 is 5.78. The minimum Gasteiger partial charge on any atom is -0.457 e. The summed E-state index contributed by atoms with van der Waals surface area (Å²) in [5, 5.41) is 3.25. The highest BCUT2D eigenvalue weighted by Crippen LogP contribution is 2.28. The number of hydrogen-bond donors (Lipinski definition) is 3. The van der Waals surface area contributed by atoms with Gasteiger partial charge in [0, 0.05) is 56.6 Å². The van der Waals surface area contributed by atoms with Gasteiger partial charge in [-0.3, -0.25) is 10.2 Å². The van der Waals surface area contributed by atoms with E-state index in [1.807, 2.05) is 13.8 Å². The van der Waals surface area contributed by atoms with Gasteiger partial charge in [0.1, 0.15) is 17.3 Å². The first-order valence-electron chi connectivity index (χ1n) is 9.46. The van der Waals surface area contributed by atoms with Crippen molar-refractivity contribution < 1.29 is 9.53 Å². The number of nitrogens with one attached hydrogen (secondary N) is 1. The van der Waals surface area contributed by atoms with Crippen LogP contribution in [0.5, 0.6) is 11.5 Å². The van der Waals surface area contributed by atoms with E-state index in [2.05, 4.69) is 15.2 Å². The molecule has 1 aromatic carbocycles. The second-order valence-corrected chi connectivity index (χ2v) is 8.25. The third-order valence-electron chi connectivity index (χ3n) is 4.46. The number of hydrogen-bond acceptors (Lipinski definition) is 6. The van der Waals surface area contributed by atoms with Crippen LogP contribution in [0.15, 0.2) is 36.5 Å². The predicted molar refractivity (Wildman–Crippen MR) is 115 cm³/mol. The summed E-state index contributed by atoms with van der Waals surface area (Å²) in [6.07, 6.45) is 1.57. The number of urea groups is 1. The van der Waals surface area contributed by atoms with Crippen LogP contribution >= 0.6 is 11.6 Å². The van der Waals surface area contributed by atoms with Crippen molar-refractivity contribution in [1.82, 2.24) is 14.8 Å². The lowest BCUT2D eigenvalue weighted by Crippen LogP contribution is -2.54. The molecule has 0 atom stereocenters. The molecular formula is C20H27ClN6O2. The van der Waals surface area contributed by atoms with Gasteiger partial charge in [-0.25, -0.2) is 9.78 Å². The number of anilines is 2. The van der Waals surface area contributed by atoms with Crippen LogP contribution in [-0.2, 0) is 0 Å². The maximum atomic E-state index is 12.6. The van der Waals surface area contributed by atoms with Gasteiger partial charge in [0.15, 0.2) is 0 Å². The zero-order valence-corrected chi connectivity index (χ0v) is 17.4. The van der Waals surface area contributed by atoms with Gasteiger partial charge in [-0.1, -0.05) is 11.6 Å². The van der Waals surface area contributed by atoms with Crippen molar-refractivity contribution in [1.29, 1.82) is 0 Å². The Labute approximate surface area is 175 Å². The van der Waals surface area contributed by atoms with Gasteiger partial charge in [0.2, 0.25) is 0 Å². The van der Waals surface area contributed by atoms with E-state index in [0.29, 0.717) is 41.1 Å². The normalized spacial score (nSPS) is 15.2. The summed E-state index contributed by atoms with van der Waals surface area (Å²) in [6.45, 7) is 7.68. The molecule has 156 valence electrons. The van der Waals surface area contributed by atoms with Gasteiger partial charge in [-0.15, -0.1) is 0 Å². The number of nitrogens with zero attached hydrogens (tertiary/aromatic N) is 3. The number of aromatic nitrogens is 1. The molecule has 2 amide bonds. The number of rotatable bonds is 5. The Kier molecular flexibility index (Phi) is 6.46. The number of carbonyl (C=O) groups excluding carboxylic acids is 1. The third kappa shape index (κ3) is 6.22. The minimum absolute atomic E-state index is 0.183. The summed E-state index contributed by atoms with van der Waals surface area (Å²) in [4.78, 5) is 20.8. The molecule has 1 aromatic heterocycles. The SMILES string of the molecule is CC(C)(N)CN1CCN(C(=O)Nc2cc(Oc3ccc(N)c(Cl)c3)ccn2)CC1. The maximum absolute atomic E-state index is 12.6. The van der Waals surface area contributed by atoms with Gasteiger partial charge >= 0.3 is 6.03 Å². The summed E-state index contributed by atoms with van der Waals surface area (Å²) >= 11 is 6.02. The number of nitrogen functional groups attached to an aromatic ring is 1. The van der Waals surface area contributed by atoms with Crippen molar-refractivity contribution in [2.75, 3.05) is 43.8 Å². The topological polar surface area (TPSA) is 110 Å². The number of halogens is 1. The van der Waals surface area contributed by atoms with E-state index >= 15 is 0 Å². The molecule has 29 heavy (non-hydrogen) atoms. The first kappa shape index (κ1) is 21.2. The zero-order chi connectivity index (χ0) is 21.0. The van der Waals surface area contributed by atoms with Crippen molar-refractivity contribution in [2.45, 2.75) is 19.4 Å². The fourth-order valence-electron chi connectivity index (χ4n) is 3.12. The van der Waals surface area contributed by atoms with Crippen molar-refractivity contribution in [3.05, 3.63) is 41.6 Å². The largest absolute Gasteiger partial charge is 0.457 e. The zero-order valence-electron chi connectivity index (χ0n) is 16.7. The average molecular weight is 419 g/mol. The maximum Gasteiger partial charge on any atom is 0.323 e. The lowest BCUT2D eigenvalue weighted by atomic mass is 10.1. The molecule has 2 aromatic rings. The number of carbonyl (C=O) groups is 1. The average Bonchev–Trinajstić information content (AvgIpc) is 2.64. The van der Waals surface area contributed by atoms with Crippen molar-refractivity contribution >= 4 is 29.1 Å². The highest BCUT2D eigenvalue weighted by molar-refractivity contribution is 6.33. The molecule has 3 rings (SSSR count). The van der Waals surface area contributed by atoms with E-state index < -0.39 is 0 Å². The summed E-state index contributed by atoms with van der Waals surface area (Å²) in [6, 6.07) is 8.21. The Bertz CT molecular complexity index is 862. The number of amides is 2. The van der Waals surface area contributed by atoms with E-state index in [-0.39, 0.29) is 11.6 Å². The minimum atomic E-state index is -0.247. The number of nitrogens with two attached hydrogens (primary N) is 2. The van der Waals surface area contributed by atoms with Crippen LogP contribution in [-0.4, -0.2) is 59.1 Å². The van der Waals surface area contributed by atoms with Crippen LogP contribution in [0.25, 0.3) is 0 Å². The Hall–Kier alpha value is -2.55. The number of ether oxygens (including phenoxy) is 1. The lowest BCUT2D eigenvalue weighted by molar-refractivity contribution is 0.132. The first-order valence-corrected chi connectivity index (χ1v) is 9.83. The van der Waals surface area contributed by atoms with Crippen LogP contribution < -0.4 is 21.5 Å². The fourth-order valence-corrected chi connectivity index (χ4v) is 3.29. The molecule has 0 radical (unpaired) electrons. The van der Waals surface area contributed by atoms with E-state index in [4.69, 9.17) is 27.8 Å². The highest BCUT2D eigenvalue weighted by atomic mass is 35.5. The van der Waals surface area contributed by atoms with Gasteiger partial charge in [0.25, 0.3) is 0 Å². The van der Waals surface area contributed by atoms with E-state index in [1.54, 1.807) is 41.4 Å². The molecule has 0 saturated carbocycles. The summed E-state index contributed by atoms with van der Waals surface area (Å²) in [5.74, 6) is 1.50. The van der Waals surface area contributed by atoms with Crippen LogP contribution in [0, 0.1) is 0 Å². The molecule has 1 saturated heterocycles. The summed E-state index contributed by atoms with van der Waals surface area (Å²) in [5.41, 5.74) is 12.0. The van der Waals surface area contributed by atoms with E-state index in [1.165, 1.54) is 0 Å². The third-order valence-corrected chi connectivity index (χ3v) is 4.79. The van der Waals surface area contributed by atoms with Crippen LogP contribution in [0.2, 0.25) is 5.02 Å². The van der Waals surface area contributed by atoms with Crippen molar-refractivity contribution in [3.8, 4) is 11.5 Å². The van der Waals surface area contributed by atoms with Crippen LogP contribution in [0.1, 0.15) is 13.8 Å². The molecule has 2 heterocycles. The van der Waals surface area contributed by atoms with Crippen LogP contribution in [0.3, 0.4) is 0 Å². The Morgan fingerprint density at radius 2 is 1.90 bits per heavy atom. The van der Waals surface area contributed by atoms with Crippen molar-refractivity contribution in [2.24, 2.45) is 5.73 Å². The first-order chi connectivity index (χ1) is 13.7. The molecule has 9 heteroatoms. The highest BCUT2D eigenvalue weighted by Gasteiger charge is 2.24. The van der Waals surface area contributed by atoms with E-state index in [0.717, 1.165) is 19.6 Å². The molecule has 1 aliphatic heterocycles. The number of benzene rings is 1. The molecule has 0 aliphatic carbocycles. The standard InChI is InChI=1S/C20H27ClN6O2/c1-20(2,23)13-26-7-9-27(10-8-26)19(28)25-18-12-15(5-6-24-18)29-14-3-4-17(22)16(21)11-14/h3-6,11-12H,7-10,13,22-23H2,1-2H3,(H,24,25,28). The second kappa shape index (κ2) is 8.86. The molecule has 8 nitrogen and oxygen atoms in total. The molecular weight excluding hydrogens is 392 g/mol. The number of piperazine rings is 1. The number of pyridine rings is 1. The molecule has 1 aliphatic rings. The van der Waals surface area contributed by atoms with E-state index in [9.17, 15) is 4.79 Å². The Balaban J connectivity index is 1.56. The fraction of sp³-hybridized carbons (Fsp3) is 0.400. The van der Waals surface area contributed by atoms with Gasteiger partial charge in [-0.2, -0.15) is 0 Å². The Morgan fingerprint density at radius 1 is 1.21 bits per heavy atom. The van der Waals surface area contributed by atoms with Gasteiger partial charge in [-0.05, 0) is 32.0 Å². The molecule has 5 N–H and O–H groups in total. The van der Waals surface area contributed by atoms with Gasteiger partial charge in [0.05, 0.1) is 10.7 Å². The predicted octanol–water partition coefficient (Wildman–Crippen LogP) is 3.00.